The number of carbonyl (C=O) groups excluding carboxylic acids is 1. The molecule has 0 fully saturated rings. The maximum absolute atomic E-state index is 12.8. The van der Waals surface area contributed by atoms with Crippen LogP contribution in [0.25, 0.3) is 0 Å². The molecule has 2 atom stereocenters. The van der Waals surface area contributed by atoms with Crippen LogP contribution in [0.4, 0.5) is 0 Å². The quantitative estimate of drug-likeness (QED) is 0.0197. The van der Waals surface area contributed by atoms with Crippen molar-refractivity contribution in [2.75, 3.05) is 54.1 Å². The minimum absolute atomic E-state index is 0.0119. The number of unbranched alkanes of at least 4 members (excludes halogenated alkanes) is 13. The Hall–Kier alpha value is -3.10. The minimum atomic E-state index is -4.55. The zero-order valence-electron chi connectivity index (χ0n) is 43.3. The molecule has 0 heterocycles. The molecule has 0 aromatic rings. The van der Waals surface area contributed by atoms with Gasteiger partial charge in [-0.15, -0.1) is 0 Å². The van der Waals surface area contributed by atoms with Gasteiger partial charge in [-0.05, 0) is 103 Å². The van der Waals surface area contributed by atoms with E-state index in [9.17, 15) is 14.3 Å². The zero-order chi connectivity index (χ0) is 49.0. The average molecular weight is 952 g/mol. The van der Waals surface area contributed by atoms with Gasteiger partial charge in [0.15, 0.2) is 0 Å². The monoisotopic (exact) mass is 952 g/mol. The number of phosphoric acid groups is 1. The Balaban J connectivity index is 4.24. The fraction of sp³-hybridized carbons (Fsp3) is 0.638. The second kappa shape index (κ2) is 49.3. The third kappa shape index (κ3) is 53.7. The lowest BCUT2D eigenvalue weighted by Gasteiger charge is -2.28. The molecular formula is C58H98NO7P. The van der Waals surface area contributed by atoms with Crippen LogP contribution in [-0.4, -0.2) is 70.7 Å². The third-order valence-electron chi connectivity index (χ3n) is 10.5. The topological polar surface area (TPSA) is 94.1 Å². The van der Waals surface area contributed by atoms with Crippen molar-refractivity contribution in [3.8, 4) is 0 Å². The van der Waals surface area contributed by atoms with Crippen LogP contribution in [0.15, 0.2) is 122 Å². The number of likely N-dealkylation sites (N-methyl/N-ethyl adjacent to an activating group) is 1. The molecule has 0 aliphatic rings. The lowest BCUT2D eigenvalue weighted by Crippen LogP contribution is -2.37. The molecule has 2 unspecified atom stereocenters. The number of hydrogen-bond acceptors (Lipinski definition) is 7. The maximum atomic E-state index is 12.8. The fourth-order valence-electron chi connectivity index (χ4n) is 6.54. The molecule has 382 valence electrons. The van der Waals surface area contributed by atoms with E-state index in [1.165, 1.54) is 38.5 Å². The van der Waals surface area contributed by atoms with Gasteiger partial charge in [0.1, 0.15) is 19.3 Å². The number of allylic oxidation sites excluding steroid dienone is 20. The Kier molecular flexibility index (Phi) is 47.0. The van der Waals surface area contributed by atoms with E-state index in [1.54, 1.807) is 0 Å². The Morgan fingerprint density at radius 3 is 1.22 bits per heavy atom. The highest BCUT2D eigenvalue weighted by Gasteiger charge is 2.20. The summed E-state index contributed by atoms with van der Waals surface area (Å²) in [5.74, 6) is -0.365. The Bertz CT molecular complexity index is 1480. The van der Waals surface area contributed by atoms with Crippen LogP contribution in [0, 0.1) is 0 Å². The second-order valence-electron chi connectivity index (χ2n) is 18.1. The molecule has 9 heteroatoms. The van der Waals surface area contributed by atoms with Crippen LogP contribution in [0.3, 0.4) is 0 Å². The van der Waals surface area contributed by atoms with Gasteiger partial charge in [0, 0.05) is 13.0 Å². The molecule has 0 aromatic carbocycles. The lowest BCUT2D eigenvalue weighted by molar-refractivity contribution is -0.870. The number of quaternary nitrogens is 1. The molecular weight excluding hydrogens is 854 g/mol. The molecule has 0 radical (unpaired) electrons. The van der Waals surface area contributed by atoms with Crippen LogP contribution in [0.2, 0.25) is 0 Å². The zero-order valence-corrected chi connectivity index (χ0v) is 44.2. The van der Waals surface area contributed by atoms with Crippen LogP contribution in [-0.2, 0) is 27.9 Å². The van der Waals surface area contributed by atoms with Crippen LogP contribution in [0.1, 0.15) is 181 Å². The van der Waals surface area contributed by atoms with Gasteiger partial charge in [0.25, 0.3) is 7.82 Å². The number of hydrogen-bond donors (Lipinski definition) is 0. The van der Waals surface area contributed by atoms with Gasteiger partial charge in [0.05, 0.1) is 34.4 Å². The summed E-state index contributed by atoms with van der Waals surface area (Å²) in [5.41, 5.74) is 0. The first-order chi connectivity index (χ1) is 32.6. The van der Waals surface area contributed by atoms with E-state index in [0.29, 0.717) is 17.6 Å². The summed E-state index contributed by atoms with van der Waals surface area (Å²) in [6, 6.07) is 0. The highest BCUT2D eigenvalue weighted by atomic mass is 31.2. The highest BCUT2D eigenvalue weighted by Crippen LogP contribution is 2.38. The number of phosphoric ester groups is 1. The molecule has 0 saturated carbocycles. The van der Waals surface area contributed by atoms with E-state index < -0.39 is 13.9 Å². The summed E-state index contributed by atoms with van der Waals surface area (Å²) in [5, 5.41) is 0. The average Bonchev–Trinajstić information content (AvgIpc) is 3.29. The van der Waals surface area contributed by atoms with Gasteiger partial charge in [0.2, 0.25) is 0 Å². The summed E-state index contributed by atoms with van der Waals surface area (Å²) in [7, 11) is 1.31. The third-order valence-corrected chi connectivity index (χ3v) is 11.5. The number of rotatable bonds is 47. The molecule has 0 amide bonds. The first-order valence-corrected chi connectivity index (χ1v) is 27.7. The van der Waals surface area contributed by atoms with Crippen LogP contribution in [0.5, 0.6) is 0 Å². The van der Waals surface area contributed by atoms with Gasteiger partial charge in [-0.2, -0.15) is 0 Å². The van der Waals surface area contributed by atoms with Crippen molar-refractivity contribution in [2.24, 2.45) is 0 Å². The SMILES string of the molecule is CC/C=C\C/C=C\C/C=C\C/C=C\C/C=C\C/C=C\CCCCCCC(=O)OC(COCCCCCCCCCCC/C=C\C/C=C\C/C=C\C/C=C\CC)COP(=O)([O-])OCC[N+](C)(C)C. The second-order valence-corrected chi connectivity index (χ2v) is 19.5. The standard InChI is InChI=1S/C58H98NO7P/c1-6-8-10-12-14-16-18-20-22-24-26-28-30-31-33-35-37-39-41-43-45-47-49-51-58(60)66-57(56-65-67(61,62)64-54-52-59(3,4)5)55-63-53-50-48-46-44-42-40-38-36-34-32-29-27-25-23-21-19-17-15-13-11-9-7-2/h8-11,14-17,20-23,26-29,31,33,37,39,57H,6-7,12-13,18-19,24-25,30,32,34-36,38,40-56H2,1-5H3/b10-8-,11-9-,16-14-,17-15-,22-20-,23-21-,28-26-,29-27-,33-31-,39-37-. The summed E-state index contributed by atoms with van der Waals surface area (Å²) in [4.78, 5) is 25.2. The number of carbonyl (C=O) groups is 1. The molecule has 67 heavy (non-hydrogen) atoms. The predicted molar refractivity (Wildman–Crippen MR) is 286 cm³/mol. The van der Waals surface area contributed by atoms with Crippen molar-refractivity contribution in [1.82, 2.24) is 0 Å². The van der Waals surface area contributed by atoms with Crippen molar-refractivity contribution in [2.45, 2.75) is 187 Å². The van der Waals surface area contributed by atoms with Crippen molar-refractivity contribution >= 4 is 13.8 Å². The van der Waals surface area contributed by atoms with E-state index in [1.807, 2.05) is 21.1 Å². The van der Waals surface area contributed by atoms with E-state index in [0.717, 1.165) is 122 Å². The predicted octanol–water partition coefficient (Wildman–Crippen LogP) is 15.9. The lowest BCUT2D eigenvalue weighted by atomic mass is 10.1. The molecule has 0 aliphatic carbocycles. The van der Waals surface area contributed by atoms with E-state index in [-0.39, 0.29) is 32.2 Å². The van der Waals surface area contributed by atoms with Crippen molar-refractivity contribution in [1.29, 1.82) is 0 Å². The van der Waals surface area contributed by atoms with Crippen molar-refractivity contribution < 1.29 is 37.3 Å². The first-order valence-electron chi connectivity index (χ1n) is 26.3. The van der Waals surface area contributed by atoms with Gasteiger partial charge in [-0.3, -0.25) is 9.36 Å². The van der Waals surface area contributed by atoms with Gasteiger partial charge in [-0.1, -0.05) is 193 Å². The van der Waals surface area contributed by atoms with Gasteiger partial charge in [-0.25, -0.2) is 0 Å². The molecule has 0 spiro atoms. The fourth-order valence-corrected chi connectivity index (χ4v) is 7.27. The Labute approximate surface area is 412 Å². The smallest absolute Gasteiger partial charge is 0.306 e. The van der Waals surface area contributed by atoms with Crippen LogP contribution >= 0.6 is 7.82 Å². The highest BCUT2D eigenvalue weighted by molar-refractivity contribution is 7.45. The van der Waals surface area contributed by atoms with E-state index in [4.69, 9.17) is 18.5 Å². The number of nitrogens with zero attached hydrogens (tertiary/aromatic N) is 1. The van der Waals surface area contributed by atoms with Gasteiger partial charge < -0.3 is 27.9 Å². The normalized spacial score (nSPS) is 14.5. The summed E-state index contributed by atoms with van der Waals surface area (Å²) < 4.78 is 34.7. The number of ether oxygens (including phenoxy) is 2. The molecule has 0 saturated heterocycles. The molecule has 0 aromatic heterocycles. The largest absolute Gasteiger partial charge is 0.756 e. The van der Waals surface area contributed by atoms with Crippen molar-refractivity contribution in [3.05, 3.63) is 122 Å². The molecule has 0 rings (SSSR count). The molecule has 0 bridgehead atoms. The Morgan fingerprint density at radius 2 is 0.821 bits per heavy atom. The summed E-state index contributed by atoms with van der Waals surface area (Å²) in [6.07, 6.45) is 70.8. The minimum Gasteiger partial charge on any atom is -0.756 e. The van der Waals surface area contributed by atoms with Crippen LogP contribution < -0.4 is 4.89 Å². The molecule has 0 aliphatic heterocycles. The maximum Gasteiger partial charge on any atom is 0.306 e. The first kappa shape index (κ1) is 63.9. The summed E-state index contributed by atoms with van der Waals surface area (Å²) >= 11 is 0. The van der Waals surface area contributed by atoms with E-state index in [2.05, 4.69) is 135 Å². The van der Waals surface area contributed by atoms with Gasteiger partial charge >= 0.3 is 5.97 Å². The van der Waals surface area contributed by atoms with Crippen molar-refractivity contribution in [3.63, 3.8) is 0 Å². The Morgan fingerprint density at radius 1 is 0.463 bits per heavy atom. The van der Waals surface area contributed by atoms with E-state index >= 15 is 0 Å². The molecule has 8 nitrogen and oxygen atoms in total. The molecule has 0 N–H and O–H groups in total. The number of esters is 1. The summed E-state index contributed by atoms with van der Waals surface area (Å²) in [6.45, 7) is 5.11.